The van der Waals surface area contributed by atoms with Crippen LogP contribution in [0.5, 0.6) is 5.75 Å². The van der Waals surface area contributed by atoms with Crippen LogP contribution in [-0.2, 0) is 30.9 Å². The maximum absolute atomic E-state index is 13.1. The molecule has 10 heteroatoms. The third-order valence-electron chi connectivity index (χ3n) is 5.56. The molecule has 2 aromatic rings. The molecule has 0 N–H and O–H groups in total. The van der Waals surface area contributed by atoms with E-state index < -0.39 is 27.7 Å². The van der Waals surface area contributed by atoms with Gasteiger partial charge in [-0.3, -0.25) is 9.59 Å². The van der Waals surface area contributed by atoms with E-state index in [4.69, 9.17) is 9.47 Å². The van der Waals surface area contributed by atoms with Crippen molar-refractivity contribution >= 4 is 21.9 Å². The average Bonchev–Trinajstić information content (AvgIpc) is 2.82. The zero-order valence-corrected chi connectivity index (χ0v) is 19.4. The van der Waals surface area contributed by atoms with Crippen LogP contribution in [0, 0.1) is 11.7 Å². The predicted octanol–water partition coefficient (Wildman–Crippen LogP) is 2.44. The fraction of sp³-hybridized carbons (Fsp3) is 0.391. The number of amides is 1. The van der Waals surface area contributed by atoms with E-state index in [-0.39, 0.29) is 43.3 Å². The molecule has 1 fully saturated rings. The lowest BCUT2D eigenvalue weighted by Gasteiger charge is -2.30. The van der Waals surface area contributed by atoms with Crippen LogP contribution in [0.2, 0.25) is 0 Å². The number of ether oxygens (including phenoxy) is 2. The summed E-state index contributed by atoms with van der Waals surface area (Å²) in [6.07, 6.45) is 0.570. The lowest BCUT2D eigenvalue weighted by atomic mass is 9.98. The van der Waals surface area contributed by atoms with Gasteiger partial charge < -0.3 is 14.4 Å². The number of rotatable bonds is 8. The van der Waals surface area contributed by atoms with Crippen molar-refractivity contribution < 1.29 is 31.9 Å². The number of esters is 1. The van der Waals surface area contributed by atoms with E-state index in [1.165, 1.54) is 21.3 Å². The minimum absolute atomic E-state index is 0.00889. The normalized spacial score (nSPS) is 15.1. The van der Waals surface area contributed by atoms with Gasteiger partial charge in [0.05, 0.1) is 17.9 Å². The van der Waals surface area contributed by atoms with Gasteiger partial charge in [0.25, 0.3) is 5.91 Å². The summed E-state index contributed by atoms with van der Waals surface area (Å²) in [6, 6.07) is 12.0. The second kappa shape index (κ2) is 10.8. The van der Waals surface area contributed by atoms with Crippen molar-refractivity contribution in [2.75, 3.05) is 33.9 Å². The highest BCUT2D eigenvalue weighted by Crippen LogP contribution is 2.25. The Kier molecular flexibility index (Phi) is 8.04. The van der Waals surface area contributed by atoms with Gasteiger partial charge in [-0.2, -0.15) is 4.31 Å². The Labute approximate surface area is 192 Å². The maximum Gasteiger partial charge on any atom is 0.309 e. The molecule has 1 amide bonds. The lowest BCUT2D eigenvalue weighted by molar-refractivity contribution is -0.156. The van der Waals surface area contributed by atoms with Crippen molar-refractivity contribution in [2.24, 2.45) is 5.92 Å². The number of piperidine rings is 1. The number of carbonyl (C=O) groups excluding carboxylic acids is 2. The summed E-state index contributed by atoms with van der Waals surface area (Å²) in [5.41, 5.74) is 0.881. The Morgan fingerprint density at radius 3 is 2.42 bits per heavy atom. The third-order valence-corrected chi connectivity index (χ3v) is 7.47. The van der Waals surface area contributed by atoms with E-state index in [0.29, 0.717) is 12.3 Å². The van der Waals surface area contributed by atoms with Gasteiger partial charge in [-0.1, -0.05) is 12.1 Å². The van der Waals surface area contributed by atoms with E-state index in [9.17, 15) is 22.4 Å². The molecule has 2 aromatic carbocycles. The zero-order valence-electron chi connectivity index (χ0n) is 18.6. The molecule has 0 atom stereocenters. The number of benzene rings is 2. The van der Waals surface area contributed by atoms with E-state index in [1.807, 2.05) is 24.3 Å². The van der Waals surface area contributed by atoms with Crippen LogP contribution in [0.1, 0.15) is 18.4 Å². The van der Waals surface area contributed by atoms with Crippen LogP contribution in [0.3, 0.4) is 0 Å². The van der Waals surface area contributed by atoms with E-state index in [1.54, 1.807) is 14.2 Å². The number of halogens is 1. The molecule has 3 rings (SSSR count). The number of sulfonamides is 1. The molecule has 0 radical (unpaired) electrons. The molecule has 1 heterocycles. The molecule has 0 saturated carbocycles. The predicted molar refractivity (Wildman–Crippen MR) is 118 cm³/mol. The Morgan fingerprint density at radius 2 is 1.79 bits per heavy atom. The molecular weight excluding hydrogens is 451 g/mol. The van der Waals surface area contributed by atoms with Gasteiger partial charge in [0.15, 0.2) is 6.61 Å². The Hall–Kier alpha value is -2.98. The second-order valence-corrected chi connectivity index (χ2v) is 9.78. The van der Waals surface area contributed by atoms with Crippen LogP contribution in [0.4, 0.5) is 4.39 Å². The average molecular weight is 479 g/mol. The zero-order chi connectivity index (χ0) is 24.0. The first kappa shape index (κ1) is 24.7. The van der Waals surface area contributed by atoms with Crippen molar-refractivity contribution in [1.82, 2.24) is 9.21 Å². The molecule has 178 valence electrons. The van der Waals surface area contributed by atoms with Crippen molar-refractivity contribution in [1.29, 1.82) is 0 Å². The summed E-state index contributed by atoms with van der Waals surface area (Å²) < 4.78 is 50.1. The van der Waals surface area contributed by atoms with Gasteiger partial charge in [0.2, 0.25) is 10.0 Å². The summed E-state index contributed by atoms with van der Waals surface area (Å²) in [5, 5.41) is 0. The molecule has 0 aromatic heterocycles. The second-order valence-electron chi connectivity index (χ2n) is 7.84. The molecule has 33 heavy (non-hydrogen) atoms. The number of nitrogens with zero attached hydrogens (tertiary/aromatic N) is 2. The molecule has 0 unspecified atom stereocenters. The highest BCUT2D eigenvalue weighted by molar-refractivity contribution is 7.89. The van der Waals surface area contributed by atoms with Gasteiger partial charge in [-0.25, -0.2) is 12.8 Å². The monoisotopic (exact) mass is 478 g/mol. The first-order valence-corrected chi connectivity index (χ1v) is 11.9. The van der Waals surface area contributed by atoms with Gasteiger partial charge in [0, 0.05) is 26.7 Å². The molecule has 0 bridgehead atoms. The fourth-order valence-electron chi connectivity index (χ4n) is 3.58. The number of methoxy groups -OCH3 is 1. The minimum Gasteiger partial charge on any atom is -0.497 e. The maximum atomic E-state index is 13.1. The van der Waals surface area contributed by atoms with Gasteiger partial charge in [0.1, 0.15) is 11.6 Å². The molecule has 1 saturated heterocycles. The minimum atomic E-state index is -3.75. The van der Waals surface area contributed by atoms with E-state index in [0.717, 1.165) is 17.7 Å². The topological polar surface area (TPSA) is 93.2 Å². The third kappa shape index (κ3) is 6.29. The highest BCUT2D eigenvalue weighted by Gasteiger charge is 2.33. The van der Waals surface area contributed by atoms with Gasteiger partial charge in [-0.05, 0) is 54.8 Å². The largest absolute Gasteiger partial charge is 0.497 e. The van der Waals surface area contributed by atoms with Crippen molar-refractivity contribution in [3.63, 3.8) is 0 Å². The summed E-state index contributed by atoms with van der Waals surface area (Å²) >= 11 is 0. The summed E-state index contributed by atoms with van der Waals surface area (Å²) in [4.78, 5) is 26.2. The summed E-state index contributed by atoms with van der Waals surface area (Å²) in [5.74, 6) is -1.17. The Balaban J connectivity index is 1.46. The van der Waals surface area contributed by atoms with Crippen LogP contribution >= 0.6 is 0 Å². The van der Waals surface area contributed by atoms with Crippen LogP contribution < -0.4 is 4.74 Å². The van der Waals surface area contributed by atoms with Crippen molar-refractivity contribution in [3.8, 4) is 5.75 Å². The summed E-state index contributed by atoms with van der Waals surface area (Å²) in [7, 11) is -0.570. The molecule has 8 nitrogen and oxygen atoms in total. The number of likely N-dealkylation sites (N-methyl/N-ethyl adjacent to an activating group) is 1. The fourth-order valence-corrected chi connectivity index (χ4v) is 5.05. The van der Waals surface area contributed by atoms with Gasteiger partial charge in [-0.15, -0.1) is 0 Å². The number of hydrogen-bond acceptors (Lipinski definition) is 6. The van der Waals surface area contributed by atoms with Crippen molar-refractivity contribution in [2.45, 2.75) is 24.3 Å². The first-order chi connectivity index (χ1) is 15.7. The molecule has 0 spiro atoms. The van der Waals surface area contributed by atoms with E-state index >= 15 is 0 Å². The highest BCUT2D eigenvalue weighted by atomic mass is 32.2. The summed E-state index contributed by atoms with van der Waals surface area (Å²) in [6.45, 7) is 0.243. The lowest BCUT2D eigenvalue weighted by Crippen LogP contribution is -2.41. The Morgan fingerprint density at radius 1 is 1.12 bits per heavy atom. The van der Waals surface area contributed by atoms with E-state index in [2.05, 4.69) is 0 Å². The SMILES string of the molecule is COc1cccc(CN(C)C(=O)COC(=O)C2CCN(S(=O)(=O)c3ccc(F)cc3)CC2)c1. The quantitative estimate of drug-likeness (QED) is 0.541. The van der Waals surface area contributed by atoms with Gasteiger partial charge >= 0.3 is 5.97 Å². The van der Waals surface area contributed by atoms with Crippen LogP contribution in [-0.4, -0.2) is 63.4 Å². The number of hydrogen-bond donors (Lipinski definition) is 0. The molecular formula is C23H27FN2O6S. The van der Waals surface area contributed by atoms with Crippen LogP contribution in [0.25, 0.3) is 0 Å². The molecule has 0 aliphatic carbocycles. The van der Waals surface area contributed by atoms with Crippen molar-refractivity contribution in [3.05, 3.63) is 59.9 Å². The Bertz CT molecular complexity index is 1080. The van der Waals surface area contributed by atoms with Crippen LogP contribution in [0.15, 0.2) is 53.4 Å². The number of carbonyl (C=O) groups is 2. The molecule has 1 aliphatic heterocycles. The smallest absolute Gasteiger partial charge is 0.309 e. The standard InChI is InChI=1S/C23H27FN2O6S/c1-25(15-17-4-3-5-20(14-17)31-2)22(27)16-32-23(28)18-10-12-26(13-11-18)33(29,30)21-8-6-19(24)7-9-21/h3-9,14,18H,10-13,15-16H2,1-2H3. The first-order valence-electron chi connectivity index (χ1n) is 10.5. The molecule has 1 aliphatic rings.